The van der Waals surface area contributed by atoms with Crippen LogP contribution < -0.4 is 5.32 Å². The first-order chi connectivity index (χ1) is 10.7. The number of rotatable bonds is 7. The van der Waals surface area contributed by atoms with Crippen LogP contribution >= 0.6 is 11.8 Å². The van der Waals surface area contributed by atoms with Crippen molar-refractivity contribution in [2.45, 2.75) is 19.4 Å². The third kappa shape index (κ3) is 4.48. The van der Waals surface area contributed by atoms with Crippen LogP contribution in [0.3, 0.4) is 0 Å². The lowest BCUT2D eigenvalue weighted by molar-refractivity contribution is -0.124. The molecule has 1 N–H and O–H groups in total. The summed E-state index contributed by atoms with van der Waals surface area (Å²) in [7, 11) is 0. The summed E-state index contributed by atoms with van der Waals surface area (Å²) in [5.74, 6) is 1.05. The van der Waals surface area contributed by atoms with Gasteiger partial charge in [0.15, 0.2) is 0 Å². The lowest BCUT2D eigenvalue weighted by Crippen LogP contribution is -2.47. The Morgan fingerprint density at radius 1 is 1.36 bits per heavy atom. The number of hydrogen-bond acceptors (Lipinski definition) is 4. The molecule has 0 saturated carbocycles. The van der Waals surface area contributed by atoms with Crippen LogP contribution in [0.5, 0.6) is 0 Å². The fourth-order valence-corrected chi connectivity index (χ4v) is 3.41. The molecule has 2 rings (SSSR count). The van der Waals surface area contributed by atoms with Crippen LogP contribution in [0.25, 0.3) is 0 Å². The Balaban J connectivity index is 1.87. The number of amides is 2. The van der Waals surface area contributed by atoms with Gasteiger partial charge in [0.05, 0.1) is 5.88 Å². The maximum Gasteiger partial charge on any atom is 0.255 e. The Kier molecular flexibility index (Phi) is 6.74. The molecule has 1 heterocycles. The largest absolute Gasteiger partial charge is 0.382 e. The molecule has 1 unspecified atom stereocenters. The van der Waals surface area contributed by atoms with Crippen LogP contribution in [0.2, 0.25) is 0 Å². The molecule has 2 amide bonds. The molecule has 1 saturated heterocycles. The number of nitrogens with one attached hydrogen (secondary N) is 1. The fraction of sp³-hybridized carbons (Fsp3) is 0.500. The highest BCUT2D eigenvalue weighted by Gasteiger charge is 2.34. The normalized spacial score (nSPS) is 17.5. The minimum Gasteiger partial charge on any atom is -0.382 e. The molecular formula is C16H22N2O3S. The average molecular weight is 322 g/mol. The third-order valence-corrected chi connectivity index (χ3v) is 4.45. The first kappa shape index (κ1) is 16.8. The van der Waals surface area contributed by atoms with Crippen LogP contribution in [0, 0.1) is 0 Å². The van der Waals surface area contributed by atoms with E-state index < -0.39 is 0 Å². The average Bonchev–Trinajstić information content (AvgIpc) is 3.04. The van der Waals surface area contributed by atoms with E-state index in [1.165, 1.54) is 0 Å². The first-order valence-corrected chi connectivity index (χ1v) is 8.68. The zero-order chi connectivity index (χ0) is 15.8. The lowest BCUT2D eigenvalue weighted by atomic mass is 10.1. The molecule has 1 atom stereocenters. The van der Waals surface area contributed by atoms with Crippen molar-refractivity contribution in [1.29, 1.82) is 0 Å². The van der Waals surface area contributed by atoms with Crippen molar-refractivity contribution in [3.8, 4) is 0 Å². The van der Waals surface area contributed by atoms with Gasteiger partial charge in [0.2, 0.25) is 5.91 Å². The minimum absolute atomic E-state index is 0.0780. The van der Waals surface area contributed by atoms with E-state index in [-0.39, 0.29) is 17.9 Å². The summed E-state index contributed by atoms with van der Waals surface area (Å²) in [4.78, 5) is 26.4. The van der Waals surface area contributed by atoms with Gasteiger partial charge in [-0.3, -0.25) is 9.59 Å². The van der Waals surface area contributed by atoms with Crippen molar-refractivity contribution in [1.82, 2.24) is 10.2 Å². The predicted octanol–water partition coefficient (Wildman–Crippen LogP) is 1.74. The third-order valence-electron chi connectivity index (χ3n) is 3.44. The predicted molar refractivity (Wildman–Crippen MR) is 87.8 cm³/mol. The SMILES string of the molecule is CCOCCCNC(=O)C1CSCN1C(=O)c1ccccc1. The van der Waals surface area contributed by atoms with Gasteiger partial charge in [0.1, 0.15) is 6.04 Å². The molecule has 0 aliphatic carbocycles. The van der Waals surface area contributed by atoms with E-state index in [9.17, 15) is 9.59 Å². The highest BCUT2D eigenvalue weighted by atomic mass is 32.2. The molecule has 1 fully saturated rings. The molecule has 120 valence electrons. The van der Waals surface area contributed by atoms with E-state index in [4.69, 9.17) is 4.74 Å². The van der Waals surface area contributed by atoms with Gasteiger partial charge in [-0.15, -0.1) is 11.8 Å². The molecule has 6 heteroatoms. The maximum atomic E-state index is 12.5. The Labute approximate surface area is 135 Å². The summed E-state index contributed by atoms with van der Waals surface area (Å²) in [5.41, 5.74) is 0.624. The summed E-state index contributed by atoms with van der Waals surface area (Å²) in [6, 6.07) is 8.71. The number of thioether (sulfide) groups is 1. The van der Waals surface area contributed by atoms with E-state index in [1.54, 1.807) is 28.8 Å². The van der Waals surface area contributed by atoms with Gasteiger partial charge in [-0.1, -0.05) is 18.2 Å². The Bertz CT molecular complexity index is 495. The van der Waals surface area contributed by atoms with Crippen LogP contribution in [0.4, 0.5) is 0 Å². The summed E-state index contributed by atoms with van der Waals surface area (Å²) in [5, 5.41) is 2.89. The van der Waals surface area contributed by atoms with Gasteiger partial charge < -0.3 is 15.0 Å². The molecule has 0 radical (unpaired) electrons. The molecular weight excluding hydrogens is 300 g/mol. The van der Waals surface area contributed by atoms with E-state index >= 15 is 0 Å². The number of carbonyl (C=O) groups is 2. The topological polar surface area (TPSA) is 58.6 Å². The standard InChI is InChI=1S/C16H22N2O3S/c1-2-21-10-6-9-17-15(19)14-11-22-12-18(14)16(20)13-7-4-3-5-8-13/h3-5,7-8,14H,2,6,9-12H2,1H3,(H,17,19). The second kappa shape index (κ2) is 8.80. The highest BCUT2D eigenvalue weighted by Crippen LogP contribution is 2.23. The molecule has 22 heavy (non-hydrogen) atoms. The Morgan fingerprint density at radius 3 is 2.86 bits per heavy atom. The van der Waals surface area contributed by atoms with Crippen LogP contribution in [-0.4, -0.2) is 54.1 Å². The van der Waals surface area contributed by atoms with Gasteiger partial charge in [-0.2, -0.15) is 0 Å². The number of nitrogens with zero attached hydrogens (tertiary/aromatic N) is 1. The van der Waals surface area contributed by atoms with Gasteiger partial charge >= 0.3 is 0 Å². The number of benzene rings is 1. The minimum atomic E-state index is -0.384. The number of hydrogen-bond donors (Lipinski definition) is 1. The van der Waals surface area contributed by atoms with Crippen molar-refractivity contribution in [3.63, 3.8) is 0 Å². The van der Waals surface area contributed by atoms with Crippen molar-refractivity contribution in [3.05, 3.63) is 35.9 Å². The summed E-state index contributed by atoms with van der Waals surface area (Å²) in [6.45, 7) is 3.85. The second-order valence-electron chi connectivity index (χ2n) is 5.00. The van der Waals surface area contributed by atoms with Crippen molar-refractivity contribution >= 4 is 23.6 Å². The van der Waals surface area contributed by atoms with Gasteiger partial charge in [0.25, 0.3) is 5.91 Å². The summed E-state index contributed by atoms with van der Waals surface area (Å²) >= 11 is 1.61. The Hall–Kier alpha value is -1.53. The van der Waals surface area contributed by atoms with Gasteiger partial charge in [0, 0.05) is 31.1 Å². The van der Waals surface area contributed by atoms with Crippen LogP contribution in [0.1, 0.15) is 23.7 Å². The maximum absolute atomic E-state index is 12.5. The molecule has 0 spiro atoms. The quantitative estimate of drug-likeness (QED) is 0.777. The van der Waals surface area contributed by atoms with E-state index in [0.29, 0.717) is 37.0 Å². The van der Waals surface area contributed by atoms with Gasteiger partial charge in [-0.25, -0.2) is 0 Å². The molecule has 0 aromatic heterocycles. The van der Waals surface area contributed by atoms with Crippen LogP contribution in [0.15, 0.2) is 30.3 Å². The molecule has 1 aromatic carbocycles. The molecule has 5 nitrogen and oxygen atoms in total. The molecule has 1 aliphatic heterocycles. The van der Waals surface area contributed by atoms with Gasteiger partial charge in [-0.05, 0) is 25.5 Å². The summed E-state index contributed by atoms with van der Waals surface area (Å²) in [6.07, 6.45) is 0.784. The Morgan fingerprint density at radius 2 is 2.14 bits per heavy atom. The molecule has 1 aromatic rings. The summed E-state index contributed by atoms with van der Waals surface area (Å²) < 4.78 is 5.24. The smallest absolute Gasteiger partial charge is 0.255 e. The first-order valence-electron chi connectivity index (χ1n) is 7.53. The van der Waals surface area contributed by atoms with Crippen LogP contribution in [-0.2, 0) is 9.53 Å². The van der Waals surface area contributed by atoms with E-state index in [1.807, 2.05) is 25.1 Å². The van der Waals surface area contributed by atoms with Crippen molar-refractivity contribution in [2.24, 2.45) is 0 Å². The van der Waals surface area contributed by atoms with E-state index in [0.717, 1.165) is 6.42 Å². The van der Waals surface area contributed by atoms with E-state index in [2.05, 4.69) is 5.32 Å². The van der Waals surface area contributed by atoms with Crippen molar-refractivity contribution in [2.75, 3.05) is 31.4 Å². The fourth-order valence-electron chi connectivity index (χ4n) is 2.25. The zero-order valence-corrected chi connectivity index (χ0v) is 13.6. The zero-order valence-electron chi connectivity index (χ0n) is 12.8. The number of carbonyl (C=O) groups excluding carboxylic acids is 2. The monoisotopic (exact) mass is 322 g/mol. The number of ether oxygens (including phenoxy) is 1. The van der Waals surface area contributed by atoms with Crippen molar-refractivity contribution < 1.29 is 14.3 Å². The lowest BCUT2D eigenvalue weighted by Gasteiger charge is -2.23. The molecule has 0 bridgehead atoms. The molecule has 1 aliphatic rings. The second-order valence-corrected chi connectivity index (χ2v) is 6.00. The highest BCUT2D eigenvalue weighted by molar-refractivity contribution is 7.99.